The topological polar surface area (TPSA) is 78.7 Å². The molecular weight excluding hydrogens is 248 g/mol. The molecule has 19 heavy (non-hydrogen) atoms. The number of hydrogen-bond donors (Lipinski definition) is 1. The highest BCUT2D eigenvalue weighted by Crippen LogP contribution is 2.26. The van der Waals surface area contributed by atoms with E-state index in [0.29, 0.717) is 18.8 Å². The van der Waals surface area contributed by atoms with Crippen molar-refractivity contribution in [1.82, 2.24) is 10.2 Å². The summed E-state index contributed by atoms with van der Waals surface area (Å²) in [6.07, 6.45) is 0. The average Bonchev–Trinajstić information content (AvgIpc) is 2.77. The first-order valence-corrected chi connectivity index (χ1v) is 6.20. The number of nitrogens with one attached hydrogen (secondary N) is 1. The van der Waals surface area contributed by atoms with E-state index in [1.165, 1.54) is 12.1 Å². The number of carbonyl (C=O) groups excluding carboxylic acids is 1. The molecule has 1 aromatic carbocycles. The summed E-state index contributed by atoms with van der Waals surface area (Å²) in [5, 5.41) is 13.9. The number of benzene rings is 1. The van der Waals surface area contributed by atoms with E-state index in [2.05, 4.69) is 5.32 Å². The molecule has 0 aromatic heterocycles. The van der Waals surface area contributed by atoms with E-state index in [1.54, 1.807) is 17.0 Å². The normalized spacial score (nSPS) is 22.5. The van der Waals surface area contributed by atoms with Crippen LogP contribution >= 0.6 is 0 Å². The standard InChI is InChI=1S/C12H14N4O3/c17-12-14-6-5-13-7-11(14)8-15(12)9-1-3-10(4-2-9)16(18)19/h1-4,11,13H,5-8H2. The third-order valence-corrected chi connectivity index (χ3v) is 3.59. The first-order chi connectivity index (χ1) is 9.16. The molecule has 2 saturated heterocycles. The Kier molecular flexibility index (Phi) is 2.83. The van der Waals surface area contributed by atoms with Gasteiger partial charge in [-0.2, -0.15) is 0 Å². The minimum absolute atomic E-state index is 0.0136. The van der Waals surface area contributed by atoms with Gasteiger partial charge in [-0.25, -0.2) is 4.79 Å². The molecule has 7 heteroatoms. The number of nitro groups is 1. The molecule has 0 aliphatic carbocycles. The van der Waals surface area contributed by atoms with Crippen LogP contribution < -0.4 is 10.2 Å². The van der Waals surface area contributed by atoms with E-state index in [9.17, 15) is 14.9 Å². The molecule has 100 valence electrons. The van der Waals surface area contributed by atoms with Gasteiger partial charge in [-0.05, 0) is 12.1 Å². The fraction of sp³-hybridized carbons (Fsp3) is 0.417. The van der Waals surface area contributed by atoms with Gasteiger partial charge in [-0.3, -0.25) is 15.0 Å². The Morgan fingerprint density at radius 2 is 2.05 bits per heavy atom. The van der Waals surface area contributed by atoms with Gasteiger partial charge < -0.3 is 10.2 Å². The molecule has 2 fully saturated rings. The predicted octanol–water partition coefficient (Wildman–Crippen LogP) is 0.809. The number of nitro benzene ring substituents is 1. The van der Waals surface area contributed by atoms with Crippen LogP contribution in [0.4, 0.5) is 16.2 Å². The lowest BCUT2D eigenvalue weighted by Gasteiger charge is -2.28. The molecule has 1 N–H and O–H groups in total. The summed E-state index contributed by atoms with van der Waals surface area (Å²) in [6.45, 7) is 2.96. The summed E-state index contributed by atoms with van der Waals surface area (Å²) < 4.78 is 0. The highest BCUT2D eigenvalue weighted by atomic mass is 16.6. The van der Waals surface area contributed by atoms with Crippen molar-refractivity contribution in [2.75, 3.05) is 31.1 Å². The molecule has 2 aliphatic heterocycles. The number of rotatable bonds is 2. The fourth-order valence-electron chi connectivity index (χ4n) is 2.59. The molecule has 0 saturated carbocycles. The molecule has 2 aliphatic rings. The van der Waals surface area contributed by atoms with Crippen molar-refractivity contribution >= 4 is 17.4 Å². The Balaban J connectivity index is 1.82. The number of non-ortho nitro benzene ring substituents is 1. The van der Waals surface area contributed by atoms with Gasteiger partial charge in [-0.15, -0.1) is 0 Å². The van der Waals surface area contributed by atoms with Crippen molar-refractivity contribution in [3.8, 4) is 0 Å². The van der Waals surface area contributed by atoms with Crippen LogP contribution in [0.3, 0.4) is 0 Å². The van der Waals surface area contributed by atoms with E-state index in [4.69, 9.17) is 0 Å². The summed E-state index contributed by atoms with van der Waals surface area (Å²) >= 11 is 0. The Morgan fingerprint density at radius 3 is 2.68 bits per heavy atom. The zero-order chi connectivity index (χ0) is 13.4. The molecule has 1 aromatic rings. The average molecular weight is 262 g/mol. The maximum Gasteiger partial charge on any atom is 0.324 e. The van der Waals surface area contributed by atoms with Gasteiger partial charge in [0.05, 0.1) is 11.0 Å². The number of urea groups is 1. The molecule has 1 unspecified atom stereocenters. The highest BCUT2D eigenvalue weighted by molar-refractivity contribution is 5.94. The Labute approximate surface area is 109 Å². The Hall–Kier alpha value is -2.15. The number of carbonyl (C=O) groups is 1. The molecule has 0 bridgehead atoms. The molecular formula is C12H14N4O3. The van der Waals surface area contributed by atoms with Gasteiger partial charge in [0.15, 0.2) is 0 Å². The first kappa shape index (κ1) is 11.9. The van der Waals surface area contributed by atoms with Gasteiger partial charge >= 0.3 is 6.03 Å². The molecule has 3 rings (SSSR count). The number of nitrogens with zero attached hydrogens (tertiary/aromatic N) is 3. The van der Waals surface area contributed by atoms with Crippen LogP contribution in [-0.2, 0) is 0 Å². The first-order valence-electron chi connectivity index (χ1n) is 6.20. The lowest BCUT2D eigenvalue weighted by molar-refractivity contribution is -0.384. The third kappa shape index (κ3) is 2.01. The SMILES string of the molecule is O=C1N(c2ccc([N+](=O)[O-])cc2)CC2CNCCN12. The van der Waals surface area contributed by atoms with E-state index in [-0.39, 0.29) is 17.8 Å². The van der Waals surface area contributed by atoms with Crippen molar-refractivity contribution in [2.24, 2.45) is 0 Å². The van der Waals surface area contributed by atoms with Crippen molar-refractivity contribution in [1.29, 1.82) is 0 Å². The zero-order valence-electron chi connectivity index (χ0n) is 10.3. The fourth-order valence-corrected chi connectivity index (χ4v) is 2.59. The lowest BCUT2D eigenvalue weighted by Crippen LogP contribution is -2.49. The highest BCUT2D eigenvalue weighted by Gasteiger charge is 2.39. The molecule has 7 nitrogen and oxygen atoms in total. The molecule has 2 amide bonds. The summed E-state index contributed by atoms with van der Waals surface area (Å²) in [5.74, 6) is 0. The maximum absolute atomic E-state index is 12.2. The molecule has 0 radical (unpaired) electrons. The van der Waals surface area contributed by atoms with E-state index < -0.39 is 4.92 Å². The van der Waals surface area contributed by atoms with Gasteiger partial charge in [0.1, 0.15) is 0 Å². The van der Waals surface area contributed by atoms with Crippen LogP contribution in [0.25, 0.3) is 0 Å². The van der Waals surface area contributed by atoms with Gasteiger partial charge in [0, 0.05) is 44.0 Å². The van der Waals surface area contributed by atoms with E-state index in [0.717, 1.165) is 13.1 Å². The van der Waals surface area contributed by atoms with E-state index in [1.807, 2.05) is 4.90 Å². The second-order valence-corrected chi connectivity index (χ2v) is 4.72. The monoisotopic (exact) mass is 262 g/mol. The van der Waals surface area contributed by atoms with Crippen LogP contribution in [0.2, 0.25) is 0 Å². The van der Waals surface area contributed by atoms with Crippen molar-refractivity contribution in [3.05, 3.63) is 34.4 Å². The number of fused-ring (bicyclic) bond motifs is 1. The van der Waals surface area contributed by atoms with Gasteiger partial charge in [-0.1, -0.05) is 0 Å². The largest absolute Gasteiger partial charge is 0.324 e. The summed E-state index contributed by atoms with van der Waals surface area (Å²) in [5.41, 5.74) is 0.750. The predicted molar refractivity (Wildman–Crippen MR) is 69.2 cm³/mol. The van der Waals surface area contributed by atoms with Crippen LogP contribution in [0.1, 0.15) is 0 Å². The number of anilines is 1. The van der Waals surface area contributed by atoms with Gasteiger partial charge in [0.25, 0.3) is 5.69 Å². The van der Waals surface area contributed by atoms with Gasteiger partial charge in [0.2, 0.25) is 0 Å². The van der Waals surface area contributed by atoms with E-state index >= 15 is 0 Å². The minimum atomic E-state index is -0.442. The summed E-state index contributed by atoms with van der Waals surface area (Å²) in [7, 11) is 0. The number of amides is 2. The Bertz CT molecular complexity index is 516. The summed E-state index contributed by atoms with van der Waals surface area (Å²) in [4.78, 5) is 26.0. The lowest BCUT2D eigenvalue weighted by atomic mass is 10.2. The van der Waals surface area contributed by atoms with Crippen molar-refractivity contribution < 1.29 is 9.72 Å². The van der Waals surface area contributed by atoms with Crippen molar-refractivity contribution in [3.63, 3.8) is 0 Å². The number of hydrogen-bond acceptors (Lipinski definition) is 4. The smallest absolute Gasteiger partial charge is 0.317 e. The second kappa shape index (κ2) is 4.51. The zero-order valence-corrected chi connectivity index (χ0v) is 10.3. The molecule has 0 spiro atoms. The molecule has 1 atom stereocenters. The summed E-state index contributed by atoms with van der Waals surface area (Å²) in [6, 6.07) is 6.29. The molecule has 2 heterocycles. The van der Waals surface area contributed by atoms with Crippen LogP contribution in [-0.4, -0.2) is 48.1 Å². The van der Waals surface area contributed by atoms with Crippen molar-refractivity contribution in [2.45, 2.75) is 6.04 Å². The quantitative estimate of drug-likeness (QED) is 0.632. The minimum Gasteiger partial charge on any atom is -0.317 e. The Morgan fingerprint density at radius 1 is 1.32 bits per heavy atom. The van der Waals surface area contributed by atoms with Crippen LogP contribution in [0.5, 0.6) is 0 Å². The van der Waals surface area contributed by atoms with Crippen LogP contribution in [0, 0.1) is 10.1 Å². The maximum atomic E-state index is 12.2. The van der Waals surface area contributed by atoms with Crippen LogP contribution in [0.15, 0.2) is 24.3 Å². The third-order valence-electron chi connectivity index (χ3n) is 3.59. The number of piperazine rings is 1. The second-order valence-electron chi connectivity index (χ2n) is 4.72.